The molecule has 1 aromatic rings. The molecule has 0 N–H and O–H groups in total. The molecule has 0 spiro atoms. The van der Waals surface area contributed by atoms with Crippen LogP contribution in [-0.4, -0.2) is 11.5 Å². The highest BCUT2D eigenvalue weighted by molar-refractivity contribution is 7.98. The molecule has 1 fully saturated rings. The van der Waals surface area contributed by atoms with E-state index < -0.39 is 0 Å². The molecule has 3 rings (SSSR count). The van der Waals surface area contributed by atoms with Crippen molar-refractivity contribution < 1.29 is 4.79 Å². The first-order valence-corrected chi connectivity index (χ1v) is 9.34. The van der Waals surface area contributed by atoms with Crippen LogP contribution in [0.15, 0.2) is 6.07 Å². The lowest BCUT2D eigenvalue weighted by Crippen LogP contribution is -2.25. The molecule has 0 saturated heterocycles. The van der Waals surface area contributed by atoms with Crippen molar-refractivity contribution in [1.29, 1.82) is 0 Å². The molecule has 0 amide bonds. The minimum atomic E-state index is 0.284. The maximum Gasteiger partial charge on any atom is 0.175 e. The van der Waals surface area contributed by atoms with Crippen LogP contribution in [0, 0.1) is 17.8 Å². The summed E-state index contributed by atoms with van der Waals surface area (Å²) in [7, 11) is 0. The summed E-state index contributed by atoms with van der Waals surface area (Å²) in [5.41, 5.74) is 1.43. The molecule has 0 bridgehead atoms. The minimum Gasteiger partial charge on any atom is -0.293 e. The third kappa shape index (κ3) is 2.92. The first-order valence-electron chi connectivity index (χ1n) is 7.37. The van der Waals surface area contributed by atoms with Crippen LogP contribution in [-0.2, 0) is 12.2 Å². The van der Waals surface area contributed by atoms with Gasteiger partial charge in [-0.2, -0.15) is 11.8 Å². The van der Waals surface area contributed by atoms with Gasteiger partial charge in [-0.1, -0.05) is 13.8 Å². The lowest BCUT2D eigenvalue weighted by Gasteiger charge is -2.30. The van der Waals surface area contributed by atoms with Gasteiger partial charge in [-0.05, 0) is 54.9 Å². The Balaban J connectivity index is 1.77. The molecule has 1 aromatic heterocycles. The fraction of sp³-hybridized carbons (Fsp3) is 0.688. The summed E-state index contributed by atoms with van der Waals surface area (Å²) in [6.45, 7) is 4.60. The molecule has 2 unspecified atom stereocenters. The van der Waals surface area contributed by atoms with Crippen molar-refractivity contribution in [2.75, 3.05) is 5.75 Å². The molecule has 1 aliphatic heterocycles. The zero-order valence-electron chi connectivity index (χ0n) is 11.8. The van der Waals surface area contributed by atoms with Gasteiger partial charge in [-0.25, -0.2) is 0 Å². The van der Waals surface area contributed by atoms with Crippen LogP contribution in [0.2, 0.25) is 0 Å². The van der Waals surface area contributed by atoms with Crippen molar-refractivity contribution in [3.05, 3.63) is 21.4 Å². The molecule has 2 heterocycles. The van der Waals surface area contributed by atoms with E-state index in [2.05, 4.69) is 19.9 Å². The fourth-order valence-electron chi connectivity index (χ4n) is 3.63. The molecular weight excluding hydrogens is 272 g/mol. The van der Waals surface area contributed by atoms with E-state index in [1.807, 2.05) is 11.8 Å². The molecule has 1 aliphatic carbocycles. The average molecular weight is 294 g/mol. The molecule has 0 aromatic carbocycles. The molecule has 2 atom stereocenters. The summed E-state index contributed by atoms with van der Waals surface area (Å²) >= 11 is 3.77. The summed E-state index contributed by atoms with van der Waals surface area (Å²) in [5, 5.41) is 0. The van der Waals surface area contributed by atoms with Crippen LogP contribution in [0.25, 0.3) is 0 Å². The van der Waals surface area contributed by atoms with E-state index in [-0.39, 0.29) is 5.92 Å². The Bertz CT molecular complexity index is 444. The van der Waals surface area contributed by atoms with Crippen molar-refractivity contribution in [2.45, 2.75) is 45.3 Å². The monoisotopic (exact) mass is 294 g/mol. The van der Waals surface area contributed by atoms with Gasteiger partial charge in [-0.3, -0.25) is 4.79 Å². The maximum absolute atomic E-state index is 12.7. The van der Waals surface area contributed by atoms with Gasteiger partial charge in [0.15, 0.2) is 5.78 Å². The molecule has 1 saturated carbocycles. The van der Waals surface area contributed by atoms with E-state index in [1.54, 1.807) is 11.3 Å². The second-order valence-corrected chi connectivity index (χ2v) is 8.58. The van der Waals surface area contributed by atoms with E-state index in [1.165, 1.54) is 22.6 Å². The summed E-state index contributed by atoms with van der Waals surface area (Å²) in [6.07, 6.45) is 4.65. The standard InChI is InChI=1S/C16H22OS2/c1-10-5-11(2)7-12(6-10)16(17)15-8-13-9-18-4-3-14(13)19-15/h8,10-12H,3-7,9H2,1-2H3. The topological polar surface area (TPSA) is 17.1 Å². The number of Topliss-reactive ketones (excluding diaryl/α,β-unsaturated/α-hetero) is 1. The number of thiophene rings is 1. The summed E-state index contributed by atoms with van der Waals surface area (Å²) < 4.78 is 0. The zero-order valence-corrected chi connectivity index (χ0v) is 13.4. The van der Waals surface area contributed by atoms with Crippen molar-refractivity contribution in [3.63, 3.8) is 0 Å². The molecular formula is C16H22OS2. The van der Waals surface area contributed by atoms with Gasteiger partial charge in [0.25, 0.3) is 0 Å². The highest BCUT2D eigenvalue weighted by Gasteiger charge is 2.31. The summed E-state index contributed by atoms with van der Waals surface area (Å²) in [6, 6.07) is 2.19. The van der Waals surface area contributed by atoms with Crippen molar-refractivity contribution in [3.8, 4) is 0 Å². The van der Waals surface area contributed by atoms with Gasteiger partial charge in [0.1, 0.15) is 0 Å². The first-order chi connectivity index (χ1) is 9.13. The Morgan fingerprint density at radius 1 is 1.21 bits per heavy atom. The van der Waals surface area contributed by atoms with Gasteiger partial charge in [-0.15, -0.1) is 11.3 Å². The molecule has 2 aliphatic rings. The SMILES string of the molecule is CC1CC(C)CC(C(=O)c2cc3c(s2)CCSC3)C1. The normalized spacial score (nSPS) is 30.9. The lowest BCUT2D eigenvalue weighted by molar-refractivity contribution is 0.0840. The Morgan fingerprint density at radius 2 is 1.95 bits per heavy atom. The third-order valence-corrected chi connectivity index (χ3v) is 6.68. The average Bonchev–Trinajstić information content (AvgIpc) is 2.80. The lowest BCUT2D eigenvalue weighted by atomic mass is 9.75. The molecule has 3 heteroatoms. The predicted molar refractivity (Wildman–Crippen MR) is 84.2 cm³/mol. The van der Waals surface area contributed by atoms with Crippen molar-refractivity contribution in [2.24, 2.45) is 17.8 Å². The zero-order chi connectivity index (χ0) is 13.4. The smallest absolute Gasteiger partial charge is 0.175 e. The van der Waals surface area contributed by atoms with Crippen LogP contribution in [0.4, 0.5) is 0 Å². The number of hydrogen-bond donors (Lipinski definition) is 0. The number of carbonyl (C=O) groups is 1. The van der Waals surface area contributed by atoms with Crippen LogP contribution in [0.3, 0.4) is 0 Å². The molecule has 0 radical (unpaired) electrons. The predicted octanol–water partition coefficient (Wildman–Crippen LogP) is 4.79. The van der Waals surface area contributed by atoms with Crippen LogP contribution >= 0.6 is 23.1 Å². The minimum absolute atomic E-state index is 0.284. The van der Waals surface area contributed by atoms with E-state index in [9.17, 15) is 4.79 Å². The van der Waals surface area contributed by atoms with Gasteiger partial charge in [0.05, 0.1) is 4.88 Å². The van der Waals surface area contributed by atoms with Gasteiger partial charge < -0.3 is 0 Å². The van der Waals surface area contributed by atoms with Crippen LogP contribution in [0.1, 0.15) is 53.2 Å². The van der Waals surface area contributed by atoms with E-state index in [4.69, 9.17) is 0 Å². The Morgan fingerprint density at radius 3 is 2.63 bits per heavy atom. The van der Waals surface area contributed by atoms with E-state index in [0.717, 1.165) is 29.9 Å². The highest BCUT2D eigenvalue weighted by Crippen LogP contribution is 2.38. The number of thioether (sulfide) groups is 1. The van der Waals surface area contributed by atoms with Gasteiger partial charge in [0.2, 0.25) is 0 Å². The quantitative estimate of drug-likeness (QED) is 0.729. The molecule has 1 nitrogen and oxygen atoms in total. The van der Waals surface area contributed by atoms with Crippen molar-refractivity contribution >= 4 is 28.9 Å². The molecule has 104 valence electrons. The third-order valence-electron chi connectivity index (χ3n) is 4.42. The number of aryl methyl sites for hydroxylation is 1. The van der Waals surface area contributed by atoms with E-state index >= 15 is 0 Å². The number of fused-ring (bicyclic) bond motifs is 1. The Labute approximate surface area is 124 Å². The van der Waals surface area contributed by atoms with Crippen LogP contribution < -0.4 is 0 Å². The first kappa shape index (κ1) is 13.7. The number of hydrogen-bond acceptors (Lipinski definition) is 3. The van der Waals surface area contributed by atoms with Crippen LogP contribution in [0.5, 0.6) is 0 Å². The largest absolute Gasteiger partial charge is 0.293 e. The van der Waals surface area contributed by atoms with Crippen molar-refractivity contribution in [1.82, 2.24) is 0 Å². The number of rotatable bonds is 2. The summed E-state index contributed by atoms with van der Waals surface area (Å²) in [5.74, 6) is 4.47. The summed E-state index contributed by atoms with van der Waals surface area (Å²) in [4.78, 5) is 15.2. The Kier molecular flexibility index (Phi) is 4.04. The number of ketones is 1. The fourth-order valence-corrected chi connectivity index (χ4v) is 6.02. The number of carbonyl (C=O) groups excluding carboxylic acids is 1. The maximum atomic E-state index is 12.7. The van der Waals surface area contributed by atoms with Gasteiger partial charge >= 0.3 is 0 Å². The second-order valence-electron chi connectivity index (χ2n) is 6.34. The molecule has 19 heavy (non-hydrogen) atoms. The second kappa shape index (κ2) is 5.61. The van der Waals surface area contributed by atoms with E-state index in [0.29, 0.717) is 17.6 Å². The highest BCUT2D eigenvalue weighted by atomic mass is 32.2. The Hall–Kier alpha value is -0.280. The van der Waals surface area contributed by atoms with Gasteiger partial charge in [0, 0.05) is 16.5 Å².